The Kier molecular flexibility index (Phi) is 2.93. The van der Waals surface area contributed by atoms with Gasteiger partial charge in [-0.3, -0.25) is 0 Å². The van der Waals surface area contributed by atoms with Crippen molar-refractivity contribution in [2.45, 2.75) is 13.3 Å². The van der Waals surface area contributed by atoms with Crippen LogP contribution in [0.5, 0.6) is 0 Å². The van der Waals surface area contributed by atoms with Crippen LogP contribution in [0, 0.1) is 11.3 Å². The van der Waals surface area contributed by atoms with Gasteiger partial charge in [-0.2, -0.15) is 5.26 Å². The van der Waals surface area contributed by atoms with E-state index in [-0.39, 0.29) is 0 Å². The van der Waals surface area contributed by atoms with E-state index in [9.17, 15) is 0 Å². The maximum atomic E-state index is 8.69. The minimum absolute atomic E-state index is 0.647. The summed E-state index contributed by atoms with van der Waals surface area (Å²) in [4.78, 5) is 8.56. The van der Waals surface area contributed by atoms with Gasteiger partial charge in [0.25, 0.3) is 0 Å². The van der Waals surface area contributed by atoms with Crippen LogP contribution in [0.1, 0.15) is 18.1 Å². The van der Waals surface area contributed by atoms with E-state index in [0.717, 1.165) is 17.5 Å². The van der Waals surface area contributed by atoms with Gasteiger partial charge in [0.2, 0.25) is 0 Å². The summed E-state index contributed by atoms with van der Waals surface area (Å²) in [6.45, 7) is 2.07. The van der Waals surface area contributed by atoms with Crippen LogP contribution in [0.3, 0.4) is 0 Å². The molecule has 78 valence electrons. The summed E-state index contributed by atoms with van der Waals surface area (Å²) in [5, 5.41) is 8.69. The zero-order valence-corrected chi connectivity index (χ0v) is 9.01. The Hall–Kier alpha value is -2.21. The molecule has 2 aromatic rings. The quantitative estimate of drug-likeness (QED) is 0.763. The first-order valence-electron chi connectivity index (χ1n) is 5.15. The normalized spacial score (nSPS) is 9.75. The summed E-state index contributed by atoms with van der Waals surface area (Å²) in [5.74, 6) is 0.696. The molecule has 0 saturated carbocycles. The Morgan fingerprint density at radius 2 is 1.75 bits per heavy atom. The summed E-state index contributed by atoms with van der Waals surface area (Å²) in [7, 11) is 0. The molecule has 2 rings (SSSR count). The van der Waals surface area contributed by atoms with Gasteiger partial charge in [0.15, 0.2) is 5.82 Å². The van der Waals surface area contributed by atoms with Crippen LogP contribution in [-0.2, 0) is 6.42 Å². The smallest absolute Gasteiger partial charge is 0.159 e. The first-order chi connectivity index (χ1) is 7.83. The van der Waals surface area contributed by atoms with Crippen LogP contribution < -0.4 is 0 Å². The van der Waals surface area contributed by atoms with E-state index in [2.05, 4.69) is 23.0 Å². The Bertz CT molecular complexity index is 506. The SMILES string of the molecule is CCc1cnc(-c2ccc(C#N)cc2)nc1. The van der Waals surface area contributed by atoms with Gasteiger partial charge in [-0.1, -0.05) is 6.92 Å². The first kappa shape index (κ1) is 10.3. The Labute approximate surface area is 94.4 Å². The molecule has 0 atom stereocenters. The van der Waals surface area contributed by atoms with Crippen LogP contribution >= 0.6 is 0 Å². The van der Waals surface area contributed by atoms with Crippen LogP contribution in [-0.4, -0.2) is 9.97 Å². The standard InChI is InChI=1S/C13H11N3/c1-2-10-8-15-13(16-9-10)12-5-3-11(7-14)4-6-12/h3-6,8-9H,2H2,1H3. The number of benzene rings is 1. The van der Waals surface area contributed by atoms with Crippen molar-refractivity contribution >= 4 is 0 Å². The fraction of sp³-hybridized carbons (Fsp3) is 0.154. The van der Waals surface area contributed by atoms with Crippen LogP contribution in [0.15, 0.2) is 36.7 Å². The molecule has 0 N–H and O–H groups in total. The molecule has 1 aromatic carbocycles. The molecule has 0 aliphatic carbocycles. The number of aryl methyl sites for hydroxylation is 1. The number of nitrogens with zero attached hydrogens (tertiary/aromatic N) is 3. The van der Waals surface area contributed by atoms with Crippen molar-refractivity contribution in [3.63, 3.8) is 0 Å². The summed E-state index contributed by atoms with van der Waals surface area (Å²) in [6.07, 6.45) is 4.61. The van der Waals surface area contributed by atoms with Crippen LogP contribution in [0.4, 0.5) is 0 Å². The highest BCUT2D eigenvalue weighted by Crippen LogP contribution is 2.14. The van der Waals surface area contributed by atoms with E-state index in [1.54, 1.807) is 12.1 Å². The Morgan fingerprint density at radius 3 is 2.25 bits per heavy atom. The molecule has 0 radical (unpaired) electrons. The minimum Gasteiger partial charge on any atom is -0.236 e. The van der Waals surface area contributed by atoms with Gasteiger partial charge in [-0.05, 0) is 36.2 Å². The van der Waals surface area contributed by atoms with E-state index >= 15 is 0 Å². The lowest BCUT2D eigenvalue weighted by Gasteiger charge is -2.00. The number of nitriles is 1. The zero-order valence-electron chi connectivity index (χ0n) is 9.01. The predicted octanol–water partition coefficient (Wildman–Crippen LogP) is 2.58. The fourth-order valence-corrected chi connectivity index (χ4v) is 1.38. The lowest BCUT2D eigenvalue weighted by Crippen LogP contribution is -1.91. The van der Waals surface area contributed by atoms with Gasteiger partial charge >= 0.3 is 0 Å². The van der Waals surface area contributed by atoms with Crippen LogP contribution in [0.2, 0.25) is 0 Å². The topological polar surface area (TPSA) is 49.6 Å². The monoisotopic (exact) mass is 209 g/mol. The molecule has 1 heterocycles. The highest BCUT2D eigenvalue weighted by Gasteiger charge is 2.00. The molecule has 3 nitrogen and oxygen atoms in total. The average Bonchev–Trinajstić information content (AvgIpc) is 2.39. The summed E-state index contributed by atoms with van der Waals surface area (Å²) < 4.78 is 0. The summed E-state index contributed by atoms with van der Waals surface area (Å²) in [5.41, 5.74) is 2.70. The van der Waals surface area contributed by atoms with E-state index in [1.807, 2.05) is 24.5 Å². The number of hydrogen-bond acceptors (Lipinski definition) is 3. The highest BCUT2D eigenvalue weighted by molar-refractivity contribution is 5.56. The van der Waals surface area contributed by atoms with Gasteiger partial charge in [-0.15, -0.1) is 0 Å². The molecule has 0 amide bonds. The number of hydrogen-bond donors (Lipinski definition) is 0. The molecule has 0 unspecified atom stereocenters. The zero-order chi connectivity index (χ0) is 11.4. The molecule has 3 heteroatoms. The average molecular weight is 209 g/mol. The van der Waals surface area contributed by atoms with E-state index < -0.39 is 0 Å². The van der Waals surface area contributed by atoms with Crippen molar-refractivity contribution in [3.05, 3.63) is 47.8 Å². The molecule has 0 spiro atoms. The van der Waals surface area contributed by atoms with E-state index in [1.165, 1.54) is 0 Å². The molecule has 0 saturated heterocycles. The lowest BCUT2D eigenvalue weighted by atomic mass is 10.1. The van der Waals surface area contributed by atoms with Gasteiger partial charge in [0.05, 0.1) is 11.6 Å². The first-order valence-corrected chi connectivity index (χ1v) is 5.15. The molecular weight excluding hydrogens is 198 g/mol. The second-order valence-electron chi connectivity index (χ2n) is 3.46. The van der Waals surface area contributed by atoms with Crippen LogP contribution in [0.25, 0.3) is 11.4 Å². The third-order valence-corrected chi connectivity index (χ3v) is 2.39. The number of rotatable bonds is 2. The lowest BCUT2D eigenvalue weighted by molar-refractivity contribution is 1.05. The second kappa shape index (κ2) is 4.54. The van der Waals surface area contributed by atoms with E-state index in [0.29, 0.717) is 11.4 Å². The summed E-state index contributed by atoms with van der Waals surface area (Å²) in [6, 6.07) is 9.34. The third-order valence-electron chi connectivity index (χ3n) is 2.39. The Balaban J connectivity index is 2.32. The van der Waals surface area contributed by atoms with Crippen molar-refractivity contribution < 1.29 is 0 Å². The molecule has 0 bridgehead atoms. The molecule has 0 aliphatic heterocycles. The van der Waals surface area contributed by atoms with Crippen molar-refractivity contribution in [1.82, 2.24) is 9.97 Å². The van der Waals surface area contributed by atoms with Gasteiger partial charge in [0.1, 0.15) is 0 Å². The minimum atomic E-state index is 0.647. The largest absolute Gasteiger partial charge is 0.236 e. The van der Waals surface area contributed by atoms with Gasteiger partial charge in [-0.25, -0.2) is 9.97 Å². The summed E-state index contributed by atoms with van der Waals surface area (Å²) >= 11 is 0. The molecule has 0 aliphatic rings. The maximum Gasteiger partial charge on any atom is 0.159 e. The molecule has 16 heavy (non-hydrogen) atoms. The molecular formula is C13H11N3. The molecule has 1 aromatic heterocycles. The van der Waals surface area contributed by atoms with Crippen molar-refractivity contribution in [2.75, 3.05) is 0 Å². The van der Waals surface area contributed by atoms with Crippen molar-refractivity contribution in [2.24, 2.45) is 0 Å². The fourth-order valence-electron chi connectivity index (χ4n) is 1.38. The predicted molar refractivity (Wildman–Crippen MR) is 61.6 cm³/mol. The number of aromatic nitrogens is 2. The third kappa shape index (κ3) is 2.06. The van der Waals surface area contributed by atoms with E-state index in [4.69, 9.17) is 5.26 Å². The Morgan fingerprint density at radius 1 is 1.12 bits per heavy atom. The second-order valence-corrected chi connectivity index (χ2v) is 3.46. The maximum absolute atomic E-state index is 8.69. The molecule has 0 fully saturated rings. The van der Waals surface area contributed by atoms with Crippen molar-refractivity contribution in [3.8, 4) is 17.5 Å². The van der Waals surface area contributed by atoms with Gasteiger partial charge in [0, 0.05) is 18.0 Å². The van der Waals surface area contributed by atoms with Crippen molar-refractivity contribution in [1.29, 1.82) is 5.26 Å². The highest BCUT2D eigenvalue weighted by atomic mass is 14.9. The van der Waals surface area contributed by atoms with Gasteiger partial charge < -0.3 is 0 Å².